The molecule has 0 bridgehead atoms. The van der Waals surface area contributed by atoms with E-state index in [4.69, 9.17) is 0 Å². The molecule has 0 saturated carbocycles. The van der Waals surface area contributed by atoms with Gasteiger partial charge in [-0.15, -0.1) is 12.5 Å². The van der Waals surface area contributed by atoms with Crippen molar-refractivity contribution in [3.8, 4) is 0 Å². The van der Waals surface area contributed by atoms with Crippen molar-refractivity contribution in [2.75, 3.05) is 25.0 Å². The summed E-state index contributed by atoms with van der Waals surface area (Å²) in [5.41, 5.74) is 0. The molecular formula is C6H16S2Y. The minimum atomic E-state index is 0. The van der Waals surface area contributed by atoms with E-state index in [9.17, 15) is 0 Å². The largest absolute Gasteiger partial charge is 0.177 e. The van der Waals surface area contributed by atoms with Gasteiger partial charge in [-0.3, -0.25) is 0 Å². The van der Waals surface area contributed by atoms with Crippen molar-refractivity contribution in [1.82, 2.24) is 0 Å². The Morgan fingerprint density at radius 3 is 0.778 bits per heavy atom. The molecule has 0 aromatic rings. The number of hydrogen-bond acceptors (Lipinski definition) is 0. The molecule has 0 amide bonds. The molecule has 0 aliphatic carbocycles. The first-order valence-corrected chi connectivity index (χ1v) is 6.63. The third-order valence-corrected chi connectivity index (χ3v) is 0. The topological polar surface area (TPSA) is 0 Å². The predicted molar refractivity (Wildman–Crippen MR) is 49.1 cm³/mol. The Hall–Kier alpha value is 1.80. The van der Waals surface area contributed by atoms with Crippen LogP contribution < -0.4 is 0 Å². The van der Waals surface area contributed by atoms with Crippen LogP contribution >= 0.6 is 0 Å². The number of rotatable bonds is 0. The van der Waals surface area contributed by atoms with Crippen LogP contribution in [0.15, 0.2) is 0 Å². The standard InChI is InChI=1S/2C3H8S.Y/c2*1-4(2)3;/h2*1H2,2-3H3;. The fourth-order valence-electron chi connectivity index (χ4n) is 0. The van der Waals surface area contributed by atoms with Gasteiger partial charge in [0.1, 0.15) is 0 Å². The zero-order chi connectivity index (χ0) is 7.15. The third-order valence-electron chi connectivity index (χ3n) is 0. The maximum absolute atomic E-state index is 3.67. The first-order chi connectivity index (χ1) is 3.46. The first-order valence-electron chi connectivity index (χ1n) is 2.21. The van der Waals surface area contributed by atoms with Crippen molar-refractivity contribution in [2.45, 2.75) is 0 Å². The second-order valence-electron chi connectivity index (χ2n) is 1.97. The van der Waals surface area contributed by atoms with Crippen LogP contribution in [-0.2, 0) is 54.5 Å². The van der Waals surface area contributed by atoms with Gasteiger partial charge in [0.25, 0.3) is 0 Å². The average Bonchev–Trinajstić information content (AvgIpc) is 1.25. The van der Waals surface area contributed by atoms with Gasteiger partial charge in [-0.05, 0) is 0 Å². The molecule has 0 aliphatic heterocycles. The molecule has 0 atom stereocenters. The second-order valence-corrected chi connectivity index (χ2v) is 5.91. The van der Waals surface area contributed by atoms with E-state index in [0.29, 0.717) is 21.8 Å². The Morgan fingerprint density at radius 2 is 0.778 bits per heavy atom. The maximum atomic E-state index is 3.67. The summed E-state index contributed by atoms with van der Waals surface area (Å²) in [5, 5.41) is 0. The van der Waals surface area contributed by atoms with Crippen LogP contribution in [0.1, 0.15) is 0 Å². The smallest absolute Gasteiger partial charge is 0.0680 e. The summed E-state index contributed by atoms with van der Waals surface area (Å²) in [5.74, 6) is 0. The molecule has 1 radical (unpaired) electrons. The van der Waals surface area contributed by atoms with Gasteiger partial charge in [-0.1, -0.05) is 0 Å². The van der Waals surface area contributed by atoms with Gasteiger partial charge in [0.15, 0.2) is 0 Å². The molecule has 0 saturated heterocycles. The zero-order valence-corrected chi connectivity index (χ0v) is 11.3. The molecule has 0 heterocycles. The maximum Gasteiger partial charge on any atom is 0.0680 e. The minimum Gasteiger partial charge on any atom is -0.177 e. The van der Waals surface area contributed by atoms with Crippen LogP contribution in [0.5, 0.6) is 0 Å². The molecule has 0 aromatic heterocycles. The Morgan fingerprint density at radius 1 is 0.778 bits per heavy atom. The zero-order valence-electron chi connectivity index (χ0n) is 6.81. The molecule has 0 rings (SSSR count). The van der Waals surface area contributed by atoms with Gasteiger partial charge in [-0.25, -0.2) is 0 Å². The summed E-state index contributed by atoms with van der Waals surface area (Å²) in [6, 6.07) is 0. The van der Waals surface area contributed by atoms with Gasteiger partial charge >= 0.3 is 0 Å². The molecule has 0 fully saturated rings. The molecule has 9 heavy (non-hydrogen) atoms. The summed E-state index contributed by atoms with van der Waals surface area (Å²) < 4.78 is 0. The van der Waals surface area contributed by atoms with Crippen molar-refractivity contribution >= 4 is 21.8 Å². The van der Waals surface area contributed by atoms with E-state index in [1.54, 1.807) is 0 Å². The monoisotopic (exact) mass is 241 g/mol. The molecule has 0 N–H and O–H groups in total. The van der Waals surface area contributed by atoms with Gasteiger partial charge < -0.3 is 0 Å². The SMILES string of the molecule is [CH2-][S+](C)C.[CH2-][S+](C)C.[Y]. The van der Waals surface area contributed by atoms with Crippen LogP contribution in [0, 0.1) is 12.5 Å². The fourth-order valence-corrected chi connectivity index (χ4v) is 0. The van der Waals surface area contributed by atoms with E-state index in [1.165, 1.54) is 0 Å². The molecule has 0 aliphatic rings. The van der Waals surface area contributed by atoms with Crippen molar-refractivity contribution < 1.29 is 32.7 Å². The van der Waals surface area contributed by atoms with Gasteiger partial charge in [0, 0.05) is 32.7 Å². The van der Waals surface area contributed by atoms with Crippen molar-refractivity contribution in [3.05, 3.63) is 12.5 Å². The summed E-state index contributed by atoms with van der Waals surface area (Å²) in [6.07, 6.45) is 15.7. The normalized spacial score (nSPS) is 8.00. The van der Waals surface area contributed by atoms with E-state index in [-0.39, 0.29) is 32.7 Å². The van der Waals surface area contributed by atoms with E-state index < -0.39 is 0 Å². The molecule has 0 unspecified atom stereocenters. The Kier molecular flexibility index (Phi) is 23.6. The molecule has 55 valence electrons. The Labute approximate surface area is 91.1 Å². The van der Waals surface area contributed by atoms with Gasteiger partial charge in [0.2, 0.25) is 0 Å². The second kappa shape index (κ2) is 12.5. The summed E-state index contributed by atoms with van der Waals surface area (Å²) in [4.78, 5) is 0. The van der Waals surface area contributed by atoms with Crippen LogP contribution in [0.25, 0.3) is 0 Å². The van der Waals surface area contributed by atoms with Gasteiger partial charge in [0.05, 0.1) is 25.0 Å². The molecular weight excluding hydrogens is 225 g/mol. The fraction of sp³-hybridized carbons (Fsp3) is 0.667. The van der Waals surface area contributed by atoms with Crippen LogP contribution in [0.2, 0.25) is 0 Å². The third kappa shape index (κ3) is 183. The van der Waals surface area contributed by atoms with Crippen LogP contribution in [0.4, 0.5) is 0 Å². The summed E-state index contributed by atoms with van der Waals surface area (Å²) in [6.45, 7) is 0. The molecule has 0 spiro atoms. The Bertz CT molecular complexity index is 26.5. The average molecular weight is 241 g/mol. The van der Waals surface area contributed by atoms with Crippen molar-refractivity contribution in [2.24, 2.45) is 0 Å². The molecule has 3 heteroatoms. The van der Waals surface area contributed by atoms with E-state index in [1.807, 2.05) is 0 Å². The number of hydrogen-bond donors (Lipinski definition) is 0. The summed E-state index contributed by atoms with van der Waals surface area (Å²) in [7, 11) is 0.778. The summed E-state index contributed by atoms with van der Waals surface area (Å²) >= 11 is 0. The van der Waals surface area contributed by atoms with Crippen molar-refractivity contribution in [3.63, 3.8) is 0 Å². The predicted octanol–water partition coefficient (Wildman–Crippen LogP) is 1.31. The molecule has 0 aromatic carbocycles. The first kappa shape index (κ1) is 17.1. The molecule has 0 nitrogen and oxygen atoms in total. The van der Waals surface area contributed by atoms with E-state index in [2.05, 4.69) is 37.5 Å². The van der Waals surface area contributed by atoms with Crippen LogP contribution in [0.3, 0.4) is 0 Å². The van der Waals surface area contributed by atoms with Crippen molar-refractivity contribution in [1.29, 1.82) is 0 Å². The van der Waals surface area contributed by atoms with Gasteiger partial charge in [-0.2, -0.15) is 21.8 Å². The van der Waals surface area contributed by atoms with E-state index >= 15 is 0 Å². The van der Waals surface area contributed by atoms with Crippen LogP contribution in [-0.4, -0.2) is 25.0 Å². The quantitative estimate of drug-likeness (QED) is 0.443. The van der Waals surface area contributed by atoms with E-state index in [0.717, 1.165) is 0 Å². The Balaban J connectivity index is -0.0000000720. The minimum absolute atomic E-state index is 0.